The van der Waals surface area contributed by atoms with Gasteiger partial charge in [0.1, 0.15) is 0 Å². The number of para-hydroxylation sites is 2. The summed E-state index contributed by atoms with van der Waals surface area (Å²) in [5, 5.41) is 4.42. The van der Waals surface area contributed by atoms with Crippen LogP contribution in [0.15, 0.2) is 158 Å². The Balaban J connectivity index is 0.000000254. The number of aryl methyl sites for hydroxylation is 3. The summed E-state index contributed by atoms with van der Waals surface area (Å²) in [5.41, 5.74) is 11.6. The van der Waals surface area contributed by atoms with Crippen molar-refractivity contribution in [3.63, 3.8) is 0 Å². The van der Waals surface area contributed by atoms with Crippen molar-refractivity contribution >= 4 is 32.5 Å². The Bertz CT molecular complexity index is 2760. The number of nitrogens with zero attached hydrogens (tertiary/aromatic N) is 3. The molecule has 3 nitrogen and oxygen atoms in total. The number of hydrogen-bond acceptors (Lipinski definition) is 3. The Morgan fingerprint density at radius 3 is 2.00 bits per heavy atom. The van der Waals surface area contributed by atoms with Gasteiger partial charge in [-0.3, -0.25) is 16.3 Å². The molecular formula is C47H35IrN3S-2. The molecule has 0 aliphatic rings. The standard InChI is InChI=1S/C35H25N2S.C12H10N.Ir/c1-23-17-18-27-30(22-38-33(27)21-23)35-36-31-15-9-10-16-32(31)37(35)34-28(25-11-5-3-6-12-25)19-24(2)20-29(34)26-13-7-4-8-14-26;1-10-7-8-12(13-9-10)11-5-3-2-4-6-11;/h3-21H,1-2H3;2-5,7-9H,1H3;/q2*-1;/i2*1D3;. The molecule has 3 heterocycles. The van der Waals surface area contributed by atoms with Crippen LogP contribution in [0, 0.1) is 32.1 Å². The third-order valence-corrected chi connectivity index (χ3v) is 9.56. The quantitative estimate of drug-likeness (QED) is 0.161. The van der Waals surface area contributed by atoms with E-state index in [1.54, 1.807) is 30.3 Å². The molecule has 52 heavy (non-hydrogen) atoms. The summed E-state index contributed by atoms with van der Waals surface area (Å²) in [6.07, 6.45) is 1.39. The maximum absolute atomic E-state index is 7.88. The number of aromatic nitrogens is 3. The maximum atomic E-state index is 7.88. The van der Waals surface area contributed by atoms with Crippen molar-refractivity contribution in [1.29, 1.82) is 0 Å². The molecule has 9 rings (SSSR count). The summed E-state index contributed by atoms with van der Waals surface area (Å²) in [4.78, 5) is 9.30. The van der Waals surface area contributed by atoms with E-state index in [1.807, 2.05) is 54.6 Å². The van der Waals surface area contributed by atoms with Crippen molar-refractivity contribution in [3.8, 4) is 50.6 Å². The van der Waals surface area contributed by atoms with Crippen molar-refractivity contribution in [2.45, 2.75) is 20.6 Å². The van der Waals surface area contributed by atoms with Crippen molar-refractivity contribution in [3.05, 3.63) is 186 Å². The Hall–Kier alpha value is -5.45. The summed E-state index contributed by atoms with van der Waals surface area (Å²) < 4.78 is 48.5. The van der Waals surface area contributed by atoms with E-state index >= 15 is 0 Å². The molecule has 0 unspecified atom stereocenters. The Morgan fingerprint density at radius 1 is 0.673 bits per heavy atom. The molecule has 255 valence electrons. The van der Waals surface area contributed by atoms with E-state index in [0.29, 0.717) is 5.56 Å². The first kappa shape index (κ1) is 28.2. The molecule has 0 aliphatic carbocycles. The SMILES string of the molecule is [2H]C([2H])([2H])c1ccc(-c2[c-]cccc2)nc1.[2H]C([2H])([2H])c1ccc2c(-c3nc4ccccc4n3-c3c(-c4ccccc4)cc(C)cc3-c3ccccc3)[c-]sc2c1.[Ir]. The van der Waals surface area contributed by atoms with Gasteiger partial charge in [0.2, 0.25) is 0 Å². The van der Waals surface area contributed by atoms with Crippen molar-refractivity contribution < 1.29 is 28.3 Å². The molecule has 0 N–H and O–H groups in total. The van der Waals surface area contributed by atoms with Crippen LogP contribution in [0.5, 0.6) is 0 Å². The first-order valence-corrected chi connectivity index (χ1v) is 17.4. The van der Waals surface area contributed by atoms with Crippen LogP contribution in [-0.4, -0.2) is 14.5 Å². The summed E-state index contributed by atoms with van der Waals surface area (Å²) in [6.45, 7) is -2.12. The van der Waals surface area contributed by atoms with Gasteiger partial charge in [0.15, 0.2) is 0 Å². The summed E-state index contributed by atoms with van der Waals surface area (Å²) in [7, 11) is 0. The second-order valence-electron chi connectivity index (χ2n) is 12.2. The van der Waals surface area contributed by atoms with Gasteiger partial charge in [-0.15, -0.1) is 47.3 Å². The van der Waals surface area contributed by atoms with Crippen LogP contribution in [-0.2, 0) is 20.1 Å². The van der Waals surface area contributed by atoms with Crippen molar-refractivity contribution in [2.24, 2.45) is 0 Å². The second kappa shape index (κ2) is 15.4. The molecule has 0 bridgehead atoms. The topological polar surface area (TPSA) is 30.7 Å². The molecule has 5 heteroatoms. The van der Waals surface area contributed by atoms with Crippen molar-refractivity contribution in [1.82, 2.24) is 14.5 Å². The fourth-order valence-corrected chi connectivity index (χ4v) is 7.24. The van der Waals surface area contributed by atoms with E-state index in [4.69, 9.17) is 13.2 Å². The summed E-state index contributed by atoms with van der Waals surface area (Å²) in [5.74, 6) is 0.775. The molecular weight excluding hydrogens is 831 g/mol. The van der Waals surface area contributed by atoms with Crippen LogP contribution in [0.25, 0.3) is 71.7 Å². The molecule has 0 atom stereocenters. The summed E-state index contributed by atoms with van der Waals surface area (Å²) in [6, 6.07) is 52.8. The first-order chi connectivity index (χ1) is 27.5. The van der Waals surface area contributed by atoms with Gasteiger partial charge >= 0.3 is 0 Å². The van der Waals surface area contributed by atoms with Crippen LogP contribution < -0.4 is 0 Å². The van der Waals surface area contributed by atoms with Gasteiger partial charge < -0.3 is 9.55 Å². The predicted molar refractivity (Wildman–Crippen MR) is 214 cm³/mol. The number of pyridine rings is 1. The number of rotatable bonds is 5. The summed E-state index contributed by atoms with van der Waals surface area (Å²) >= 11 is 1.43. The van der Waals surface area contributed by atoms with Crippen LogP contribution in [0.2, 0.25) is 0 Å². The minimum Gasteiger partial charge on any atom is -0.332 e. The van der Waals surface area contributed by atoms with Gasteiger partial charge in [0.25, 0.3) is 0 Å². The van der Waals surface area contributed by atoms with Crippen LogP contribution in [0.4, 0.5) is 0 Å². The smallest absolute Gasteiger partial charge is 0.0774 e. The zero-order valence-corrected chi connectivity index (χ0v) is 31.3. The zero-order valence-electron chi connectivity index (χ0n) is 34.1. The van der Waals surface area contributed by atoms with Crippen molar-refractivity contribution in [2.75, 3.05) is 0 Å². The van der Waals surface area contributed by atoms with E-state index < -0.39 is 13.7 Å². The molecule has 3 aromatic heterocycles. The van der Waals surface area contributed by atoms with E-state index in [2.05, 4.69) is 94.7 Å². The van der Waals surface area contributed by atoms with E-state index in [9.17, 15) is 0 Å². The van der Waals surface area contributed by atoms with Gasteiger partial charge in [-0.25, -0.2) is 0 Å². The number of imidazole rings is 1. The zero-order chi connectivity index (χ0) is 39.7. The molecule has 0 spiro atoms. The molecule has 0 amide bonds. The van der Waals surface area contributed by atoms with Crippen LogP contribution in [0.3, 0.4) is 0 Å². The second-order valence-corrected chi connectivity index (χ2v) is 13.0. The molecule has 9 aromatic rings. The van der Waals surface area contributed by atoms with Gasteiger partial charge in [-0.2, -0.15) is 0 Å². The number of thiophene rings is 1. The average Bonchev–Trinajstić information content (AvgIpc) is 3.82. The normalized spacial score (nSPS) is 13.0. The van der Waals surface area contributed by atoms with Gasteiger partial charge in [-0.1, -0.05) is 118 Å². The Kier molecular flexibility index (Phi) is 8.36. The third kappa shape index (κ3) is 7.04. The number of benzene rings is 6. The van der Waals surface area contributed by atoms with Gasteiger partial charge in [0.05, 0.1) is 22.5 Å². The Labute approximate surface area is 331 Å². The Morgan fingerprint density at radius 2 is 1.35 bits per heavy atom. The van der Waals surface area contributed by atoms with E-state index in [0.717, 1.165) is 71.7 Å². The number of hydrogen-bond donors (Lipinski definition) is 0. The monoisotopic (exact) mass is 872 g/mol. The van der Waals surface area contributed by atoms with Crippen LogP contribution in [0.1, 0.15) is 24.9 Å². The fraction of sp³-hybridized carbons (Fsp3) is 0.0638. The van der Waals surface area contributed by atoms with E-state index in [1.165, 1.54) is 23.1 Å². The largest absolute Gasteiger partial charge is 0.332 e. The minimum absolute atomic E-state index is 0. The molecule has 6 aromatic carbocycles. The molecule has 0 aliphatic heterocycles. The predicted octanol–water partition coefficient (Wildman–Crippen LogP) is 12.5. The number of fused-ring (bicyclic) bond motifs is 2. The molecule has 0 saturated heterocycles. The first-order valence-electron chi connectivity index (χ1n) is 19.6. The van der Waals surface area contributed by atoms with Gasteiger partial charge in [0, 0.05) is 45.7 Å². The molecule has 1 radical (unpaired) electrons. The fourth-order valence-electron chi connectivity index (χ4n) is 6.36. The van der Waals surface area contributed by atoms with Gasteiger partial charge in [-0.05, 0) is 72.8 Å². The molecule has 0 saturated carbocycles. The minimum atomic E-state index is -2.16. The maximum Gasteiger partial charge on any atom is 0.0774 e. The third-order valence-electron chi connectivity index (χ3n) is 8.69. The van der Waals surface area contributed by atoms with E-state index in [-0.39, 0.29) is 25.7 Å². The molecule has 0 fully saturated rings. The average molecular weight is 872 g/mol. The van der Waals surface area contributed by atoms with Crippen LogP contribution >= 0.6 is 11.3 Å².